The van der Waals surface area contributed by atoms with E-state index in [1.807, 2.05) is 38.1 Å². The highest BCUT2D eigenvalue weighted by atomic mass is 16.5. The number of amides is 2. The van der Waals surface area contributed by atoms with Gasteiger partial charge in [0.2, 0.25) is 5.91 Å². The van der Waals surface area contributed by atoms with Gasteiger partial charge in [-0.15, -0.1) is 0 Å². The maximum atomic E-state index is 13.0. The molecule has 4 rings (SSSR count). The standard InChI is InChI=1S/C28H34N2O5/c1-3-17(2)25(27(32)33)30-26(31)22-14-8-9-15-24(22)29-28(34)35-16-23-20-12-6-4-10-18(20)19-11-5-7-13-21(19)23/h4-7,10-13,17,22-25H,3,8-9,14-16H2,1-2H3,(H,29,34)(H,30,31)(H,32,33)/t17?,22-,24+,25+/m1/s1. The number of alkyl carbamates (subject to hydrolysis) is 1. The lowest BCUT2D eigenvalue weighted by Crippen LogP contribution is -2.53. The van der Waals surface area contributed by atoms with Gasteiger partial charge in [0.15, 0.2) is 0 Å². The predicted octanol–water partition coefficient (Wildman–Crippen LogP) is 4.70. The fraction of sp³-hybridized carbons (Fsp3) is 0.464. The van der Waals surface area contributed by atoms with Crippen LogP contribution in [0.2, 0.25) is 0 Å². The minimum atomic E-state index is -1.04. The summed E-state index contributed by atoms with van der Waals surface area (Å²) >= 11 is 0. The highest BCUT2D eigenvalue weighted by Crippen LogP contribution is 2.44. The Morgan fingerprint density at radius 1 is 1.00 bits per heavy atom. The number of benzene rings is 2. The van der Waals surface area contributed by atoms with Crippen LogP contribution in [0.3, 0.4) is 0 Å². The van der Waals surface area contributed by atoms with Crippen molar-refractivity contribution >= 4 is 18.0 Å². The van der Waals surface area contributed by atoms with Crippen LogP contribution in [0.1, 0.15) is 63.0 Å². The molecule has 2 aromatic carbocycles. The third-order valence-corrected chi connectivity index (χ3v) is 7.53. The maximum Gasteiger partial charge on any atom is 0.407 e. The highest BCUT2D eigenvalue weighted by molar-refractivity contribution is 5.86. The SMILES string of the molecule is CCC(C)[C@H](NC(=O)[C@@H]1CCCC[C@@H]1NC(=O)OCC1c2ccccc2-c2ccccc21)C(=O)O. The minimum Gasteiger partial charge on any atom is -0.480 e. The first-order chi connectivity index (χ1) is 16.9. The largest absolute Gasteiger partial charge is 0.480 e. The van der Waals surface area contributed by atoms with Gasteiger partial charge in [-0.05, 0) is 41.0 Å². The van der Waals surface area contributed by atoms with Gasteiger partial charge in [0.05, 0.1) is 5.92 Å². The monoisotopic (exact) mass is 478 g/mol. The van der Waals surface area contributed by atoms with Crippen LogP contribution in [0.5, 0.6) is 0 Å². The number of carbonyl (C=O) groups is 3. The average molecular weight is 479 g/mol. The van der Waals surface area contributed by atoms with Gasteiger partial charge in [0.1, 0.15) is 12.6 Å². The summed E-state index contributed by atoms with van der Waals surface area (Å²) in [5, 5.41) is 15.1. The van der Waals surface area contributed by atoms with Gasteiger partial charge >= 0.3 is 12.1 Å². The van der Waals surface area contributed by atoms with Crippen LogP contribution in [0.15, 0.2) is 48.5 Å². The maximum absolute atomic E-state index is 13.0. The number of carbonyl (C=O) groups excluding carboxylic acids is 2. The molecular formula is C28H34N2O5. The molecule has 2 aromatic rings. The Hall–Kier alpha value is -3.35. The second-order valence-electron chi connectivity index (χ2n) is 9.68. The van der Waals surface area contributed by atoms with Crippen LogP contribution in [0.25, 0.3) is 11.1 Å². The number of ether oxygens (including phenoxy) is 1. The molecule has 0 saturated heterocycles. The molecule has 1 saturated carbocycles. The molecule has 0 radical (unpaired) electrons. The summed E-state index contributed by atoms with van der Waals surface area (Å²) in [6, 6.07) is 15.0. The summed E-state index contributed by atoms with van der Waals surface area (Å²) in [5.74, 6) is -2.06. The molecule has 35 heavy (non-hydrogen) atoms. The van der Waals surface area contributed by atoms with Crippen molar-refractivity contribution in [2.24, 2.45) is 11.8 Å². The van der Waals surface area contributed by atoms with Gasteiger partial charge in [-0.25, -0.2) is 9.59 Å². The Balaban J connectivity index is 1.39. The number of rotatable bonds is 8. The third kappa shape index (κ3) is 5.34. The molecule has 0 aliphatic heterocycles. The lowest BCUT2D eigenvalue weighted by molar-refractivity contribution is -0.144. The van der Waals surface area contributed by atoms with Crippen molar-refractivity contribution in [1.82, 2.24) is 10.6 Å². The van der Waals surface area contributed by atoms with E-state index in [9.17, 15) is 19.5 Å². The molecule has 1 unspecified atom stereocenters. The number of fused-ring (bicyclic) bond motifs is 3. The molecule has 2 amide bonds. The Bertz CT molecular complexity index is 1040. The molecule has 1 fully saturated rings. The summed E-state index contributed by atoms with van der Waals surface area (Å²) in [6.45, 7) is 3.92. The highest BCUT2D eigenvalue weighted by Gasteiger charge is 2.36. The average Bonchev–Trinajstić information content (AvgIpc) is 3.19. The predicted molar refractivity (Wildman–Crippen MR) is 133 cm³/mol. The van der Waals surface area contributed by atoms with E-state index in [0.29, 0.717) is 19.3 Å². The van der Waals surface area contributed by atoms with Crippen molar-refractivity contribution in [3.63, 3.8) is 0 Å². The van der Waals surface area contributed by atoms with Crippen molar-refractivity contribution in [3.05, 3.63) is 59.7 Å². The van der Waals surface area contributed by atoms with Crippen LogP contribution in [0, 0.1) is 11.8 Å². The second-order valence-corrected chi connectivity index (χ2v) is 9.68. The topological polar surface area (TPSA) is 105 Å². The van der Waals surface area contributed by atoms with Crippen molar-refractivity contribution in [1.29, 1.82) is 0 Å². The van der Waals surface area contributed by atoms with E-state index in [1.165, 1.54) is 0 Å². The summed E-state index contributed by atoms with van der Waals surface area (Å²) in [4.78, 5) is 37.4. The van der Waals surface area contributed by atoms with Gasteiger partial charge in [-0.1, -0.05) is 81.6 Å². The van der Waals surface area contributed by atoms with Crippen molar-refractivity contribution in [2.45, 2.75) is 64.0 Å². The number of aliphatic carboxylic acids is 1. The first-order valence-corrected chi connectivity index (χ1v) is 12.5. The molecule has 4 atom stereocenters. The molecule has 0 bridgehead atoms. The number of carboxylic acid groups (broad SMARTS) is 1. The molecule has 0 aromatic heterocycles. The Kier molecular flexibility index (Phi) is 7.73. The van der Waals surface area contributed by atoms with E-state index >= 15 is 0 Å². The van der Waals surface area contributed by atoms with Crippen molar-refractivity contribution in [3.8, 4) is 11.1 Å². The van der Waals surface area contributed by atoms with E-state index in [-0.39, 0.29) is 30.4 Å². The number of nitrogens with one attached hydrogen (secondary N) is 2. The van der Waals surface area contributed by atoms with E-state index in [4.69, 9.17) is 4.74 Å². The molecule has 2 aliphatic carbocycles. The van der Waals surface area contributed by atoms with Gasteiger partial charge in [-0.3, -0.25) is 4.79 Å². The fourth-order valence-corrected chi connectivity index (χ4v) is 5.35. The zero-order valence-electron chi connectivity index (χ0n) is 20.3. The number of carboxylic acids is 1. The van der Waals surface area contributed by atoms with Crippen LogP contribution in [0.4, 0.5) is 4.79 Å². The molecular weight excluding hydrogens is 444 g/mol. The number of hydrogen-bond donors (Lipinski definition) is 3. The van der Waals surface area contributed by atoms with Crippen LogP contribution < -0.4 is 10.6 Å². The van der Waals surface area contributed by atoms with Crippen LogP contribution in [-0.4, -0.2) is 41.8 Å². The minimum absolute atomic E-state index is 0.0366. The normalized spacial score (nSPS) is 20.7. The van der Waals surface area contributed by atoms with Gasteiger partial charge < -0.3 is 20.5 Å². The lowest BCUT2D eigenvalue weighted by Gasteiger charge is -2.32. The first kappa shape index (κ1) is 24.8. The van der Waals surface area contributed by atoms with Gasteiger partial charge in [0, 0.05) is 12.0 Å². The Morgan fingerprint density at radius 3 is 2.20 bits per heavy atom. The molecule has 3 N–H and O–H groups in total. The first-order valence-electron chi connectivity index (χ1n) is 12.5. The third-order valence-electron chi connectivity index (χ3n) is 7.53. The fourth-order valence-electron chi connectivity index (χ4n) is 5.35. The Labute approximate surface area is 206 Å². The van der Waals surface area contributed by atoms with Gasteiger partial charge in [-0.2, -0.15) is 0 Å². The van der Waals surface area contributed by atoms with E-state index in [2.05, 4.69) is 34.9 Å². The molecule has 186 valence electrons. The van der Waals surface area contributed by atoms with Crippen molar-refractivity contribution in [2.75, 3.05) is 6.61 Å². The zero-order chi connectivity index (χ0) is 24.9. The summed E-state index contributed by atoms with van der Waals surface area (Å²) in [5.41, 5.74) is 4.60. The van der Waals surface area contributed by atoms with E-state index < -0.39 is 24.0 Å². The van der Waals surface area contributed by atoms with E-state index in [1.54, 1.807) is 0 Å². The summed E-state index contributed by atoms with van der Waals surface area (Å²) < 4.78 is 5.67. The lowest BCUT2D eigenvalue weighted by atomic mass is 9.83. The van der Waals surface area contributed by atoms with Gasteiger partial charge in [0.25, 0.3) is 0 Å². The summed E-state index contributed by atoms with van der Waals surface area (Å²) in [7, 11) is 0. The van der Waals surface area contributed by atoms with Crippen LogP contribution in [-0.2, 0) is 14.3 Å². The molecule has 7 nitrogen and oxygen atoms in total. The molecule has 0 heterocycles. The zero-order valence-corrected chi connectivity index (χ0v) is 20.3. The smallest absolute Gasteiger partial charge is 0.407 e. The summed E-state index contributed by atoms with van der Waals surface area (Å²) in [6.07, 6.45) is 3.11. The molecule has 7 heteroatoms. The molecule has 0 spiro atoms. The quantitative estimate of drug-likeness (QED) is 0.510. The Morgan fingerprint density at radius 2 is 1.60 bits per heavy atom. The van der Waals surface area contributed by atoms with Crippen LogP contribution >= 0.6 is 0 Å². The second kappa shape index (κ2) is 10.9. The molecule has 2 aliphatic rings. The van der Waals surface area contributed by atoms with Crippen molar-refractivity contribution < 1.29 is 24.2 Å². The van der Waals surface area contributed by atoms with E-state index in [0.717, 1.165) is 35.1 Å². The number of hydrogen-bond acceptors (Lipinski definition) is 4.